The van der Waals surface area contributed by atoms with Gasteiger partial charge in [-0.3, -0.25) is 9.59 Å². The van der Waals surface area contributed by atoms with Gasteiger partial charge >= 0.3 is 5.97 Å². The number of phenols is 2. The van der Waals surface area contributed by atoms with Crippen LogP contribution in [0, 0.1) is 22.7 Å². The van der Waals surface area contributed by atoms with Crippen LogP contribution < -0.4 is 5.32 Å². The van der Waals surface area contributed by atoms with Crippen LogP contribution in [0.5, 0.6) is 11.5 Å². The maximum atomic E-state index is 13.0. The third kappa shape index (κ3) is 3.21. The number of carbonyl (C=O) groups is 3. The Morgan fingerprint density at radius 1 is 1.25 bits per heavy atom. The van der Waals surface area contributed by atoms with E-state index < -0.39 is 45.9 Å². The summed E-state index contributed by atoms with van der Waals surface area (Å²) in [6.45, 7) is 5.99. The molecule has 170 valence electrons. The van der Waals surface area contributed by atoms with Gasteiger partial charge in [0.2, 0.25) is 5.91 Å². The first kappa shape index (κ1) is 22.1. The van der Waals surface area contributed by atoms with Gasteiger partial charge < -0.3 is 25.7 Å². The highest BCUT2D eigenvalue weighted by Gasteiger charge is 2.61. The van der Waals surface area contributed by atoms with Crippen LogP contribution in [0.1, 0.15) is 49.4 Å². The van der Waals surface area contributed by atoms with Crippen LogP contribution in [-0.4, -0.2) is 44.2 Å². The smallest absolute Gasteiger partial charge is 0.339 e. The van der Waals surface area contributed by atoms with Crippen LogP contribution in [0.4, 0.5) is 5.69 Å². The number of anilines is 1. The Morgan fingerprint density at radius 3 is 2.66 bits per heavy atom. The van der Waals surface area contributed by atoms with Crippen LogP contribution in [-0.2, 0) is 9.59 Å². The standard InChI is InChI=1S/C24H27NO7/c1-12-11-24-8-5-17(27)23(2,16(24)9-13(12)10-18(24)28)7-6-19(29)25-20-15(26)4-3-14(21(20)30)22(31)32/h3-5,8,13,16,18,26,28,30H,1,6-7,9-11H2,2H3,(H,25,29)(H,31,32)/t13-,16-,18-,23+,24+/m1/s1. The minimum absolute atomic E-state index is 0.0828. The quantitative estimate of drug-likeness (QED) is 0.349. The number of carboxylic acids is 1. The highest BCUT2D eigenvalue weighted by molar-refractivity contribution is 6.00. The third-order valence-corrected chi connectivity index (χ3v) is 7.81. The van der Waals surface area contributed by atoms with Crippen molar-refractivity contribution in [3.63, 3.8) is 0 Å². The van der Waals surface area contributed by atoms with Crippen molar-refractivity contribution in [3.05, 3.63) is 42.0 Å². The van der Waals surface area contributed by atoms with Gasteiger partial charge in [-0.1, -0.05) is 25.2 Å². The molecule has 0 saturated heterocycles. The minimum atomic E-state index is -1.40. The van der Waals surface area contributed by atoms with Crippen molar-refractivity contribution in [1.29, 1.82) is 0 Å². The first-order chi connectivity index (χ1) is 15.0. The number of aromatic carboxylic acids is 1. The summed E-state index contributed by atoms with van der Waals surface area (Å²) < 4.78 is 0. The molecule has 2 bridgehead atoms. The first-order valence-corrected chi connectivity index (χ1v) is 10.7. The lowest BCUT2D eigenvalue weighted by Gasteiger charge is -2.61. The molecule has 4 aliphatic carbocycles. The Bertz CT molecular complexity index is 1060. The summed E-state index contributed by atoms with van der Waals surface area (Å²) in [5.74, 6) is -3.24. The maximum Gasteiger partial charge on any atom is 0.339 e. The van der Waals surface area contributed by atoms with E-state index in [0.29, 0.717) is 12.8 Å². The summed E-state index contributed by atoms with van der Waals surface area (Å²) in [5.41, 5.74) is -1.16. The molecular weight excluding hydrogens is 414 g/mol. The molecule has 1 aromatic carbocycles. The number of benzene rings is 1. The number of aliphatic hydroxyl groups is 1. The van der Waals surface area contributed by atoms with E-state index in [1.54, 1.807) is 0 Å². The summed E-state index contributed by atoms with van der Waals surface area (Å²) >= 11 is 0. The predicted octanol–water partition coefficient (Wildman–Crippen LogP) is 2.99. The second kappa shape index (κ2) is 7.48. The highest BCUT2D eigenvalue weighted by Crippen LogP contribution is 2.64. The molecule has 0 aliphatic heterocycles. The number of aliphatic hydroxyl groups excluding tert-OH is 1. The van der Waals surface area contributed by atoms with Crippen LogP contribution in [0.15, 0.2) is 36.4 Å². The molecule has 3 saturated carbocycles. The van der Waals surface area contributed by atoms with Crippen LogP contribution in [0.2, 0.25) is 0 Å². The SMILES string of the molecule is C=C1C[C@@]23C=CC(=O)[C@@](C)(CCC(=O)Nc4c(O)ccc(C(=O)O)c4O)[C@H]2C[C@@H]1C[C@H]3O. The van der Waals surface area contributed by atoms with Gasteiger partial charge in [0.25, 0.3) is 0 Å². The second-order valence-corrected chi connectivity index (χ2v) is 9.51. The van der Waals surface area contributed by atoms with Crippen molar-refractivity contribution in [3.8, 4) is 11.5 Å². The lowest BCUT2D eigenvalue weighted by molar-refractivity contribution is -0.148. The van der Waals surface area contributed by atoms with Gasteiger partial charge in [-0.05, 0) is 55.7 Å². The van der Waals surface area contributed by atoms with E-state index in [1.807, 2.05) is 13.0 Å². The summed E-state index contributed by atoms with van der Waals surface area (Å²) in [7, 11) is 0. The molecule has 32 heavy (non-hydrogen) atoms. The number of hydrogen-bond acceptors (Lipinski definition) is 6. The maximum absolute atomic E-state index is 13.0. The number of carboxylic acid groups (broad SMARTS) is 1. The van der Waals surface area contributed by atoms with Gasteiger partial charge in [-0.25, -0.2) is 4.79 Å². The van der Waals surface area contributed by atoms with Crippen LogP contribution in [0.25, 0.3) is 0 Å². The zero-order chi connectivity index (χ0) is 23.4. The Kier molecular flexibility index (Phi) is 5.16. The average Bonchev–Trinajstić information content (AvgIpc) is 2.73. The van der Waals surface area contributed by atoms with Gasteiger partial charge in [-0.2, -0.15) is 0 Å². The number of fused-ring (bicyclic) bond motifs is 2. The van der Waals surface area contributed by atoms with E-state index in [0.717, 1.165) is 24.1 Å². The molecule has 1 spiro atoms. The van der Waals surface area contributed by atoms with Gasteiger partial charge in [0.1, 0.15) is 17.0 Å². The second-order valence-electron chi connectivity index (χ2n) is 9.51. The molecule has 0 heterocycles. The molecule has 4 aliphatic rings. The topological polar surface area (TPSA) is 144 Å². The Labute approximate surface area is 185 Å². The molecule has 0 radical (unpaired) electrons. The molecule has 1 aromatic rings. The zero-order valence-corrected chi connectivity index (χ0v) is 17.8. The molecule has 5 N–H and O–H groups in total. The number of allylic oxidation sites excluding steroid dienone is 2. The number of rotatable bonds is 5. The van der Waals surface area contributed by atoms with E-state index in [9.17, 15) is 29.7 Å². The number of aromatic hydroxyl groups is 2. The fraction of sp³-hybridized carbons (Fsp3) is 0.458. The van der Waals surface area contributed by atoms with E-state index in [2.05, 4.69) is 11.9 Å². The zero-order valence-electron chi connectivity index (χ0n) is 17.8. The van der Waals surface area contributed by atoms with Crippen LogP contribution >= 0.6 is 0 Å². The summed E-state index contributed by atoms with van der Waals surface area (Å²) in [5, 5.41) is 42.4. The van der Waals surface area contributed by atoms with Crippen molar-refractivity contribution >= 4 is 23.3 Å². The van der Waals surface area contributed by atoms with E-state index in [-0.39, 0.29) is 36.1 Å². The Morgan fingerprint density at radius 2 is 1.97 bits per heavy atom. The number of ketones is 1. The lowest BCUT2D eigenvalue weighted by atomic mass is 9.43. The van der Waals surface area contributed by atoms with Gasteiger partial charge in [-0.15, -0.1) is 0 Å². The Hall–Kier alpha value is -3.13. The molecule has 0 aromatic heterocycles. The molecular formula is C24H27NO7. The third-order valence-electron chi connectivity index (χ3n) is 7.81. The predicted molar refractivity (Wildman–Crippen MR) is 115 cm³/mol. The first-order valence-electron chi connectivity index (χ1n) is 10.7. The lowest BCUT2D eigenvalue weighted by Crippen LogP contribution is -2.59. The van der Waals surface area contributed by atoms with Gasteiger partial charge in [0.15, 0.2) is 11.5 Å². The van der Waals surface area contributed by atoms with E-state index >= 15 is 0 Å². The van der Waals surface area contributed by atoms with Gasteiger partial charge in [0, 0.05) is 17.3 Å². The molecule has 3 fully saturated rings. The average molecular weight is 441 g/mol. The number of nitrogens with one attached hydrogen (secondary N) is 1. The fourth-order valence-corrected chi connectivity index (χ4v) is 5.91. The van der Waals surface area contributed by atoms with E-state index in [1.165, 1.54) is 6.08 Å². The van der Waals surface area contributed by atoms with E-state index in [4.69, 9.17) is 5.11 Å². The monoisotopic (exact) mass is 441 g/mol. The van der Waals surface area contributed by atoms with Crippen molar-refractivity contribution in [2.24, 2.45) is 22.7 Å². The van der Waals surface area contributed by atoms with Crippen molar-refractivity contribution in [1.82, 2.24) is 0 Å². The summed E-state index contributed by atoms with van der Waals surface area (Å²) in [6, 6.07) is 2.11. The molecule has 5 atom stereocenters. The van der Waals surface area contributed by atoms with Crippen LogP contribution in [0.3, 0.4) is 0 Å². The molecule has 8 heteroatoms. The largest absolute Gasteiger partial charge is 0.506 e. The Balaban J connectivity index is 1.54. The van der Waals surface area contributed by atoms with Crippen molar-refractivity contribution < 1.29 is 34.8 Å². The minimum Gasteiger partial charge on any atom is -0.506 e. The normalized spacial score (nSPS) is 33.1. The number of carbonyl (C=O) groups excluding carboxylic acids is 2. The summed E-state index contributed by atoms with van der Waals surface area (Å²) in [4.78, 5) is 36.8. The fourth-order valence-electron chi connectivity index (χ4n) is 5.91. The molecule has 0 unspecified atom stereocenters. The molecule has 1 amide bonds. The van der Waals surface area contributed by atoms with Crippen molar-refractivity contribution in [2.45, 2.75) is 45.1 Å². The summed E-state index contributed by atoms with van der Waals surface area (Å²) in [6.07, 6.45) is 4.89. The number of amides is 1. The number of phenolic OH excluding ortho intramolecular Hbond substituents is 1. The van der Waals surface area contributed by atoms with Crippen molar-refractivity contribution in [2.75, 3.05) is 5.32 Å². The van der Waals surface area contributed by atoms with Gasteiger partial charge in [0.05, 0.1) is 6.10 Å². The highest BCUT2D eigenvalue weighted by atomic mass is 16.4. The molecule has 8 nitrogen and oxygen atoms in total. The molecule has 5 rings (SSSR count). The number of hydrogen-bond donors (Lipinski definition) is 5.